The Morgan fingerprint density at radius 2 is 1.84 bits per heavy atom. The number of aromatic nitrogens is 1. The van der Waals surface area contributed by atoms with E-state index in [0.29, 0.717) is 11.3 Å². The number of hydrogen-bond acceptors (Lipinski definition) is 3. The van der Waals surface area contributed by atoms with E-state index in [9.17, 15) is 13.2 Å². The van der Waals surface area contributed by atoms with Crippen molar-refractivity contribution in [3.8, 4) is 23.1 Å². The Kier molecular flexibility index (Phi) is 3.38. The zero-order chi connectivity index (χ0) is 13.9. The molecule has 1 aromatic heterocycles. The quantitative estimate of drug-likeness (QED) is 0.833. The first-order valence-electron chi connectivity index (χ1n) is 5.21. The molecule has 0 saturated carbocycles. The molecule has 0 unspecified atom stereocenters. The van der Waals surface area contributed by atoms with Crippen LogP contribution in [-0.4, -0.2) is 11.3 Å². The van der Waals surface area contributed by atoms with Crippen LogP contribution < -0.4 is 4.74 Å². The third kappa shape index (κ3) is 3.45. The number of nitrogens with zero attached hydrogens (tertiary/aromatic N) is 2. The minimum absolute atomic E-state index is 0.194. The maximum Gasteiger partial charge on any atom is 0.573 e. The Bertz CT molecular complexity index is 632. The fourth-order valence-electron chi connectivity index (χ4n) is 1.51. The summed E-state index contributed by atoms with van der Waals surface area (Å²) in [5, 5.41) is 8.73. The van der Waals surface area contributed by atoms with Gasteiger partial charge in [0, 0.05) is 5.56 Å². The molecule has 0 N–H and O–H groups in total. The van der Waals surface area contributed by atoms with Gasteiger partial charge < -0.3 is 4.74 Å². The smallest absolute Gasteiger partial charge is 0.406 e. The molecule has 1 heterocycles. The Hall–Kier alpha value is -2.55. The first-order valence-corrected chi connectivity index (χ1v) is 5.21. The van der Waals surface area contributed by atoms with Crippen molar-refractivity contribution in [2.24, 2.45) is 0 Å². The van der Waals surface area contributed by atoms with Crippen molar-refractivity contribution in [3.05, 3.63) is 48.2 Å². The van der Waals surface area contributed by atoms with Gasteiger partial charge in [0.1, 0.15) is 17.5 Å². The minimum Gasteiger partial charge on any atom is -0.406 e. The van der Waals surface area contributed by atoms with E-state index < -0.39 is 6.36 Å². The summed E-state index contributed by atoms with van der Waals surface area (Å²) in [5.41, 5.74) is 1.05. The highest BCUT2D eigenvalue weighted by atomic mass is 19.4. The molecule has 2 aromatic rings. The molecule has 1 aromatic carbocycles. The van der Waals surface area contributed by atoms with Crippen LogP contribution in [0.2, 0.25) is 0 Å². The van der Waals surface area contributed by atoms with Gasteiger partial charge in [0.25, 0.3) is 0 Å². The van der Waals surface area contributed by atoms with Crippen LogP contribution in [0.5, 0.6) is 5.75 Å². The van der Waals surface area contributed by atoms with E-state index in [1.54, 1.807) is 18.2 Å². The van der Waals surface area contributed by atoms with Crippen molar-refractivity contribution in [1.29, 1.82) is 5.26 Å². The maximum atomic E-state index is 12.1. The molecule has 0 aliphatic heterocycles. The SMILES string of the molecule is N#Cc1cccc(-c2cccc(OC(F)(F)F)c2)n1. The Labute approximate surface area is 106 Å². The molecule has 2 rings (SSSR count). The van der Waals surface area contributed by atoms with Gasteiger partial charge in [-0.1, -0.05) is 18.2 Å². The molecule has 6 heteroatoms. The summed E-state index contributed by atoms with van der Waals surface area (Å²) in [6, 6.07) is 12.0. The number of halogens is 3. The van der Waals surface area contributed by atoms with Crippen LogP contribution in [0, 0.1) is 11.3 Å². The number of rotatable bonds is 2. The average Bonchev–Trinajstić information content (AvgIpc) is 2.37. The summed E-state index contributed by atoms with van der Waals surface area (Å²) in [5.74, 6) is -0.325. The van der Waals surface area contributed by atoms with Gasteiger partial charge in [0.15, 0.2) is 0 Å². The van der Waals surface area contributed by atoms with Gasteiger partial charge in [-0.25, -0.2) is 4.98 Å². The van der Waals surface area contributed by atoms with E-state index in [2.05, 4.69) is 9.72 Å². The van der Waals surface area contributed by atoms with Gasteiger partial charge in [0.2, 0.25) is 0 Å². The molecular formula is C13H7F3N2O. The summed E-state index contributed by atoms with van der Waals surface area (Å²) in [6.07, 6.45) is -4.74. The van der Waals surface area contributed by atoms with E-state index in [-0.39, 0.29) is 11.4 Å². The van der Waals surface area contributed by atoms with Crippen LogP contribution in [0.1, 0.15) is 5.69 Å². The zero-order valence-electron chi connectivity index (χ0n) is 9.48. The van der Waals surface area contributed by atoms with Crippen molar-refractivity contribution >= 4 is 0 Å². The van der Waals surface area contributed by atoms with E-state index >= 15 is 0 Å². The van der Waals surface area contributed by atoms with Gasteiger partial charge in [-0.05, 0) is 24.3 Å². The Morgan fingerprint density at radius 3 is 2.53 bits per heavy atom. The molecule has 19 heavy (non-hydrogen) atoms. The first-order chi connectivity index (χ1) is 8.98. The monoisotopic (exact) mass is 264 g/mol. The fourth-order valence-corrected chi connectivity index (χ4v) is 1.51. The standard InChI is InChI=1S/C13H7F3N2O/c14-13(15,16)19-11-5-1-3-9(7-11)12-6-2-4-10(8-17)18-12/h1-7H. The molecule has 0 bridgehead atoms. The summed E-state index contributed by atoms with van der Waals surface area (Å²) in [4.78, 5) is 4.00. The van der Waals surface area contributed by atoms with Crippen molar-refractivity contribution in [2.75, 3.05) is 0 Å². The van der Waals surface area contributed by atoms with Crippen molar-refractivity contribution in [3.63, 3.8) is 0 Å². The van der Waals surface area contributed by atoms with Gasteiger partial charge in [-0.15, -0.1) is 13.2 Å². The number of benzene rings is 1. The molecule has 0 aliphatic rings. The van der Waals surface area contributed by atoms with E-state index in [1.807, 2.05) is 6.07 Å². The molecule has 0 aliphatic carbocycles. The molecule has 96 valence electrons. The Morgan fingerprint density at radius 1 is 1.11 bits per heavy atom. The molecule has 0 spiro atoms. The van der Waals surface area contributed by atoms with Crippen LogP contribution in [-0.2, 0) is 0 Å². The minimum atomic E-state index is -4.74. The normalized spacial score (nSPS) is 10.8. The van der Waals surface area contributed by atoms with Crippen LogP contribution in [0.4, 0.5) is 13.2 Å². The van der Waals surface area contributed by atoms with Crippen LogP contribution in [0.25, 0.3) is 11.3 Å². The van der Waals surface area contributed by atoms with Gasteiger partial charge in [0.05, 0.1) is 5.69 Å². The summed E-state index contributed by atoms with van der Waals surface area (Å²) in [6.45, 7) is 0. The van der Waals surface area contributed by atoms with Crippen LogP contribution >= 0.6 is 0 Å². The summed E-state index contributed by atoms with van der Waals surface area (Å²) >= 11 is 0. The van der Waals surface area contributed by atoms with Gasteiger partial charge in [-0.2, -0.15) is 5.26 Å². The predicted octanol–water partition coefficient (Wildman–Crippen LogP) is 3.52. The molecular weight excluding hydrogens is 257 g/mol. The average molecular weight is 264 g/mol. The number of ether oxygens (including phenoxy) is 1. The lowest BCUT2D eigenvalue weighted by Crippen LogP contribution is -2.17. The highest BCUT2D eigenvalue weighted by Gasteiger charge is 2.31. The second kappa shape index (κ2) is 4.98. The number of alkyl halides is 3. The first kappa shape index (κ1) is 12.9. The lowest BCUT2D eigenvalue weighted by atomic mass is 10.1. The van der Waals surface area contributed by atoms with E-state index in [1.165, 1.54) is 24.3 Å². The van der Waals surface area contributed by atoms with Crippen LogP contribution in [0.15, 0.2) is 42.5 Å². The summed E-state index contributed by atoms with van der Waals surface area (Å²) < 4.78 is 40.2. The van der Waals surface area contributed by atoms with Crippen molar-refractivity contribution < 1.29 is 17.9 Å². The van der Waals surface area contributed by atoms with E-state index in [4.69, 9.17) is 5.26 Å². The second-order valence-corrected chi connectivity index (χ2v) is 3.60. The largest absolute Gasteiger partial charge is 0.573 e. The predicted molar refractivity (Wildman–Crippen MR) is 61.1 cm³/mol. The number of pyridine rings is 1. The molecule has 3 nitrogen and oxygen atoms in total. The molecule has 0 amide bonds. The fraction of sp³-hybridized carbons (Fsp3) is 0.0769. The molecule has 0 fully saturated rings. The lowest BCUT2D eigenvalue weighted by molar-refractivity contribution is -0.274. The van der Waals surface area contributed by atoms with E-state index in [0.717, 1.165) is 0 Å². The molecule has 0 radical (unpaired) electrons. The van der Waals surface area contributed by atoms with Gasteiger partial charge in [-0.3, -0.25) is 0 Å². The zero-order valence-corrected chi connectivity index (χ0v) is 9.48. The second-order valence-electron chi connectivity index (χ2n) is 3.60. The highest BCUT2D eigenvalue weighted by Crippen LogP contribution is 2.27. The Balaban J connectivity index is 2.35. The van der Waals surface area contributed by atoms with Crippen LogP contribution in [0.3, 0.4) is 0 Å². The number of hydrogen-bond donors (Lipinski definition) is 0. The maximum absolute atomic E-state index is 12.1. The molecule has 0 saturated heterocycles. The van der Waals surface area contributed by atoms with Crippen molar-refractivity contribution in [2.45, 2.75) is 6.36 Å². The van der Waals surface area contributed by atoms with Crippen molar-refractivity contribution in [1.82, 2.24) is 4.98 Å². The highest BCUT2D eigenvalue weighted by molar-refractivity contribution is 5.61. The third-order valence-corrected chi connectivity index (χ3v) is 2.23. The molecule has 0 atom stereocenters. The van der Waals surface area contributed by atoms with Gasteiger partial charge >= 0.3 is 6.36 Å². The number of nitriles is 1. The topological polar surface area (TPSA) is 45.9 Å². The lowest BCUT2D eigenvalue weighted by Gasteiger charge is -2.09. The third-order valence-electron chi connectivity index (χ3n) is 2.23. The summed E-state index contributed by atoms with van der Waals surface area (Å²) in [7, 11) is 0.